The zero-order valence-electron chi connectivity index (χ0n) is 22.2. The fourth-order valence-corrected chi connectivity index (χ4v) is 8.53. The number of aromatic amines is 1. The number of nitrogens with zero attached hydrogens (tertiary/aromatic N) is 1. The first-order valence-corrected chi connectivity index (χ1v) is 14.9. The second kappa shape index (κ2) is 9.71. The Morgan fingerprint density at radius 2 is 1.58 bits per heavy atom. The maximum absolute atomic E-state index is 12.9. The van der Waals surface area contributed by atoms with Crippen LogP contribution in [0, 0.1) is 23.2 Å². The molecule has 3 aromatic rings. The second-order valence-corrected chi connectivity index (χ2v) is 12.9. The molecule has 5 fully saturated rings. The first-order chi connectivity index (χ1) is 18.5. The van der Waals surface area contributed by atoms with Crippen molar-refractivity contribution in [1.29, 1.82) is 0 Å². The number of aromatic nitrogens is 2. The molecule has 5 aliphatic carbocycles. The van der Waals surface area contributed by atoms with Crippen LogP contribution < -0.4 is 10.6 Å². The van der Waals surface area contributed by atoms with Crippen molar-refractivity contribution in [2.24, 2.45) is 23.2 Å². The van der Waals surface area contributed by atoms with Gasteiger partial charge >= 0.3 is 0 Å². The predicted molar refractivity (Wildman–Crippen MR) is 151 cm³/mol. The highest BCUT2D eigenvalue weighted by molar-refractivity contribution is 5.97. The average Bonchev–Trinajstić information content (AvgIpc) is 3.17. The minimum absolute atomic E-state index is 0.00274. The lowest BCUT2D eigenvalue weighted by Gasteiger charge is -2.58. The average molecular weight is 513 g/mol. The van der Waals surface area contributed by atoms with E-state index in [2.05, 4.69) is 15.6 Å². The molecule has 2 aromatic carbocycles. The molecule has 200 valence electrons. The van der Waals surface area contributed by atoms with E-state index >= 15 is 0 Å². The Kier molecular flexibility index (Phi) is 6.18. The van der Waals surface area contributed by atoms with Crippen molar-refractivity contribution < 1.29 is 9.90 Å². The molecule has 5 aliphatic rings. The number of imidazole rings is 1. The van der Waals surface area contributed by atoms with Crippen LogP contribution in [0.5, 0.6) is 0 Å². The number of anilines is 1. The van der Waals surface area contributed by atoms with Crippen molar-refractivity contribution in [3.05, 3.63) is 48.0 Å². The first kappa shape index (κ1) is 24.2. The third kappa shape index (κ3) is 4.61. The molecule has 4 bridgehead atoms. The number of amides is 1. The number of hydrogen-bond donors (Lipinski definition) is 4. The zero-order chi connectivity index (χ0) is 25.7. The SMILES string of the molecule is O=C(NC1CCCCCC1)c1ccc2nc(-c3ccc(NC(O)C45CC6CC(CC(C6)C4)C5)cc3)[nH]c2c1. The van der Waals surface area contributed by atoms with E-state index in [1.165, 1.54) is 64.2 Å². The van der Waals surface area contributed by atoms with Crippen LogP contribution in [-0.2, 0) is 0 Å². The third-order valence-electron chi connectivity index (χ3n) is 10.1. The number of carbonyl (C=O) groups excluding carboxylic acids is 1. The summed E-state index contributed by atoms with van der Waals surface area (Å²) in [4.78, 5) is 21.1. The summed E-state index contributed by atoms with van der Waals surface area (Å²) >= 11 is 0. The summed E-state index contributed by atoms with van der Waals surface area (Å²) in [5.41, 5.74) is 4.38. The molecule has 0 aliphatic heterocycles. The summed E-state index contributed by atoms with van der Waals surface area (Å²) in [6, 6.07) is 14.2. The van der Waals surface area contributed by atoms with Crippen LogP contribution in [0.15, 0.2) is 42.5 Å². The van der Waals surface area contributed by atoms with Crippen molar-refractivity contribution in [2.75, 3.05) is 5.32 Å². The van der Waals surface area contributed by atoms with Crippen molar-refractivity contribution >= 4 is 22.6 Å². The number of hydrogen-bond acceptors (Lipinski definition) is 4. The Hall–Kier alpha value is -2.86. The molecule has 6 heteroatoms. The van der Waals surface area contributed by atoms with Gasteiger partial charge in [-0.05, 0) is 112 Å². The van der Waals surface area contributed by atoms with E-state index in [9.17, 15) is 9.90 Å². The van der Waals surface area contributed by atoms with Crippen LogP contribution in [0.1, 0.15) is 87.4 Å². The van der Waals surface area contributed by atoms with E-state index in [-0.39, 0.29) is 17.4 Å². The number of aliphatic hydroxyl groups excluding tert-OH is 1. The molecule has 1 heterocycles. The van der Waals surface area contributed by atoms with Gasteiger partial charge in [0.25, 0.3) is 5.91 Å². The van der Waals surface area contributed by atoms with Gasteiger partial charge in [-0.1, -0.05) is 25.7 Å². The van der Waals surface area contributed by atoms with Gasteiger partial charge in [0.05, 0.1) is 11.0 Å². The molecular formula is C32H40N4O2. The third-order valence-corrected chi connectivity index (χ3v) is 10.1. The molecule has 1 amide bonds. The fourth-order valence-electron chi connectivity index (χ4n) is 8.53. The summed E-state index contributed by atoms with van der Waals surface area (Å²) in [6.07, 6.45) is 14.3. The smallest absolute Gasteiger partial charge is 0.251 e. The normalized spacial score (nSPS) is 29.8. The van der Waals surface area contributed by atoms with Crippen LogP contribution in [0.2, 0.25) is 0 Å². The lowest BCUT2D eigenvalue weighted by atomic mass is 9.49. The van der Waals surface area contributed by atoms with Crippen molar-refractivity contribution in [1.82, 2.24) is 15.3 Å². The molecule has 0 saturated heterocycles. The zero-order valence-corrected chi connectivity index (χ0v) is 22.2. The quantitative estimate of drug-likeness (QED) is 0.220. The van der Waals surface area contributed by atoms with Gasteiger partial charge in [-0.25, -0.2) is 4.98 Å². The van der Waals surface area contributed by atoms with Crippen LogP contribution in [-0.4, -0.2) is 33.3 Å². The summed E-state index contributed by atoms with van der Waals surface area (Å²) in [6.45, 7) is 0. The van der Waals surface area contributed by atoms with E-state index in [4.69, 9.17) is 4.98 Å². The number of nitrogens with one attached hydrogen (secondary N) is 3. The number of H-pyrrole nitrogens is 1. The standard InChI is InChI=1S/C32H40N4O2/c37-30(33-25-5-3-1-2-4-6-25)24-9-12-27-28(16-24)36-29(35-27)23-7-10-26(11-8-23)34-31(38)32-17-20-13-21(18-32)15-22(14-20)19-32/h7-12,16,20-22,25,31,34,38H,1-6,13-15,17-19H2,(H,33,37)(H,35,36). The summed E-state index contributed by atoms with van der Waals surface area (Å²) < 4.78 is 0. The molecule has 38 heavy (non-hydrogen) atoms. The van der Waals surface area contributed by atoms with Gasteiger partial charge in [-0.3, -0.25) is 4.79 Å². The van der Waals surface area contributed by atoms with Crippen molar-refractivity contribution in [3.8, 4) is 11.4 Å². The van der Waals surface area contributed by atoms with Crippen LogP contribution in [0.25, 0.3) is 22.4 Å². The number of fused-ring (bicyclic) bond motifs is 1. The van der Waals surface area contributed by atoms with E-state index in [0.29, 0.717) is 5.56 Å². The minimum Gasteiger partial charge on any atom is -0.373 e. The monoisotopic (exact) mass is 512 g/mol. The Morgan fingerprint density at radius 3 is 2.24 bits per heavy atom. The maximum atomic E-state index is 12.9. The molecule has 1 unspecified atom stereocenters. The maximum Gasteiger partial charge on any atom is 0.251 e. The van der Waals surface area contributed by atoms with Crippen molar-refractivity contribution in [2.45, 2.75) is 89.3 Å². The van der Waals surface area contributed by atoms with Gasteiger partial charge in [0.1, 0.15) is 12.1 Å². The molecule has 6 nitrogen and oxygen atoms in total. The molecule has 5 saturated carbocycles. The Bertz CT molecular complexity index is 1270. The second-order valence-electron chi connectivity index (χ2n) is 12.9. The highest BCUT2D eigenvalue weighted by Crippen LogP contribution is 2.61. The van der Waals surface area contributed by atoms with Gasteiger partial charge in [-0.2, -0.15) is 0 Å². The molecule has 1 atom stereocenters. The van der Waals surface area contributed by atoms with Gasteiger partial charge < -0.3 is 20.7 Å². The van der Waals surface area contributed by atoms with E-state index in [0.717, 1.165) is 58.7 Å². The molecule has 1 aromatic heterocycles. The van der Waals surface area contributed by atoms with Gasteiger partial charge in [-0.15, -0.1) is 0 Å². The summed E-state index contributed by atoms with van der Waals surface area (Å²) in [5, 5.41) is 18.0. The van der Waals surface area contributed by atoms with Gasteiger partial charge in [0.15, 0.2) is 0 Å². The predicted octanol–water partition coefficient (Wildman–Crippen LogP) is 6.63. The number of benzene rings is 2. The van der Waals surface area contributed by atoms with E-state index in [1.807, 2.05) is 42.5 Å². The number of rotatable bonds is 6. The topological polar surface area (TPSA) is 90.0 Å². The Morgan fingerprint density at radius 1 is 0.921 bits per heavy atom. The Balaban J connectivity index is 1.03. The minimum atomic E-state index is -0.490. The number of carbonyl (C=O) groups is 1. The highest BCUT2D eigenvalue weighted by Gasteiger charge is 2.54. The summed E-state index contributed by atoms with van der Waals surface area (Å²) in [7, 11) is 0. The number of aliphatic hydroxyl groups is 1. The lowest BCUT2D eigenvalue weighted by molar-refractivity contribution is -0.110. The van der Waals surface area contributed by atoms with E-state index in [1.54, 1.807) is 0 Å². The molecule has 4 N–H and O–H groups in total. The van der Waals surface area contributed by atoms with Crippen LogP contribution in [0.4, 0.5) is 5.69 Å². The largest absolute Gasteiger partial charge is 0.373 e. The molecular weight excluding hydrogens is 472 g/mol. The molecule has 0 radical (unpaired) electrons. The van der Waals surface area contributed by atoms with E-state index < -0.39 is 6.23 Å². The van der Waals surface area contributed by atoms with Crippen molar-refractivity contribution in [3.63, 3.8) is 0 Å². The lowest BCUT2D eigenvalue weighted by Crippen LogP contribution is -2.53. The first-order valence-electron chi connectivity index (χ1n) is 14.9. The van der Waals surface area contributed by atoms with Gasteiger partial charge in [0, 0.05) is 28.3 Å². The molecule has 0 spiro atoms. The van der Waals surface area contributed by atoms with Gasteiger partial charge in [0.2, 0.25) is 0 Å². The summed E-state index contributed by atoms with van der Waals surface area (Å²) in [5.74, 6) is 3.24. The van der Waals surface area contributed by atoms with Crippen LogP contribution >= 0.6 is 0 Å². The fraction of sp³-hybridized carbons (Fsp3) is 0.562. The highest BCUT2D eigenvalue weighted by atomic mass is 16.3. The Labute approximate surface area is 225 Å². The van der Waals surface area contributed by atoms with Crippen LogP contribution in [0.3, 0.4) is 0 Å². The molecule has 8 rings (SSSR count).